The van der Waals surface area contributed by atoms with Crippen LogP contribution in [-0.4, -0.2) is 22.9 Å². The number of rotatable bonds is 5. The SMILES string of the molecule is COc1ccc(-c2nc3cc(NC(=O)c4ccccc4[N+](=O)[O-])ccc3o2)cc1Cl. The van der Waals surface area contributed by atoms with Crippen molar-refractivity contribution in [2.75, 3.05) is 12.4 Å². The van der Waals surface area contributed by atoms with Gasteiger partial charge in [0.05, 0.1) is 17.1 Å². The molecule has 0 aliphatic heterocycles. The Morgan fingerprint density at radius 2 is 1.97 bits per heavy atom. The molecule has 3 aromatic carbocycles. The first-order valence-electron chi connectivity index (χ1n) is 8.75. The number of hydrogen-bond acceptors (Lipinski definition) is 6. The fourth-order valence-electron chi connectivity index (χ4n) is 2.95. The Morgan fingerprint density at radius 1 is 1.17 bits per heavy atom. The van der Waals surface area contributed by atoms with E-state index in [0.29, 0.717) is 39.0 Å². The summed E-state index contributed by atoms with van der Waals surface area (Å²) in [4.78, 5) is 27.5. The van der Waals surface area contributed by atoms with Crippen molar-refractivity contribution in [1.29, 1.82) is 0 Å². The zero-order chi connectivity index (χ0) is 21.3. The lowest BCUT2D eigenvalue weighted by Gasteiger charge is -2.05. The van der Waals surface area contributed by atoms with Crippen molar-refractivity contribution in [3.8, 4) is 17.2 Å². The fraction of sp³-hybridized carbons (Fsp3) is 0.0476. The second-order valence-electron chi connectivity index (χ2n) is 6.28. The number of nitrogens with one attached hydrogen (secondary N) is 1. The first kappa shape index (κ1) is 19.4. The number of carbonyl (C=O) groups excluding carboxylic acids is 1. The number of carbonyl (C=O) groups is 1. The molecule has 0 saturated carbocycles. The number of para-hydroxylation sites is 1. The molecular weight excluding hydrogens is 410 g/mol. The van der Waals surface area contributed by atoms with E-state index in [9.17, 15) is 14.9 Å². The highest BCUT2D eigenvalue weighted by Crippen LogP contribution is 2.32. The molecule has 8 nitrogen and oxygen atoms in total. The number of nitro groups is 1. The molecule has 1 N–H and O–H groups in total. The standard InChI is InChI=1S/C21H14ClN3O5/c1-29-18-8-6-12(10-15(18)22)21-24-16-11-13(7-9-19(16)30-21)23-20(26)14-4-2-3-5-17(14)25(27)28/h2-11H,1H3,(H,23,26). The largest absolute Gasteiger partial charge is 0.495 e. The van der Waals surface area contributed by atoms with Crippen molar-refractivity contribution in [3.63, 3.8) is 0 Å². The Labute approximate surface area is 175 Å². The minimum atomic E-state index is -0.595. The normalized spacial score (nSPS) is 10.7. The molecule has 0 bridgehead atoms. The number of amides is 1. The number of halogens is 1. The second kappa shape index (κ2) is 7.84. The number of anilines is 1. The van der Waals surface area contributed by atoms with Gasteiger partial charge in [-0.25, -0.2) is 4.98 Å². The molecule has 0 fully saturated rings. The van der Waals surface area contributed by atoms with E-state index in [4.69, 9.17) is 20.8 Å². The summed E-state index contributed by atoms with van der Waals surface area (Å²) in [6, 6.07) is 15.8. The molecule has 0 spiro atoms. The maximum absolute atomic E-state index is 12.5. The first-order valence-corrected chi connectivity index (χ1v) is 9.13. The molecule has 4 aromatic rings. The van der Waals surface area contributed by atoms with Gasteiger partial charge in [-0.15, -0.1) is 0 Å². The van der Waals surface area contributed by atoms with Crippen molar-refractivity contribution in [1.82, 2.24) is 4.98 Å². The predicted octanol–water partition coefficient (Wildman–Crippen LogP) is 5.32. The molecule has 30 heavy (non-hydrogen) atoms. The molecule has 150 valence electrons. The molecule has 0 saturated heterocycles. The van der Waals surface area contributed by atoms with Gasteiger partial charge in [0.15, 0.2) is 5.58 Å². The molecule has 1 amide bonds. The number of nitro benzene ring substituents is 1. The Kier molecular flexibility index (Phi) is 5.07. The van der Waals surface area contributed by atoms with Crippen molar-refractivity contribution < 1.29 is 18.9 Å². The summed E-state index contributed by atoms with van der Waals surface area (Å²) in [6.45, 7) is 0. The summed E-state index contributed by atoms with van der Waals surface area (Å²) >= 11 is 6.16. The molecule has 0 aliphatic carbocycles. The molecule has 9 heteroatoms. The number of fused-ring (bicyclic) bond motifs is 1. The summed E-state index contributed by atoms with van der Waals surface area (Å²) < 4.78 is 10.9. The molecule has 0 aliphatic rings. The number of benzene rings is 3. The number of ether oxygens (including phenoxy) is 1. The van der Waals surface area contributed by atoms with Gasteiger partial charge in [0.25, 0.3) is 11.6 Å². The van der Waals surface area contributed by atoms with Crippen LogP contribution >= 0.6 is 11.6 Å². The summed E-state index contributed by atoms with van der Waals surface area (Å²) in [5.74, 6) is 0.306. The Morgan fingerprint density at radius 3 is 2.70 bits per heavy atom. The molecule has 0 radical (unpaired) electrons. The fourth-order valence-corrected chi connectivity index (χ4v) is 3.21. The van der Waals surface area contributed by atoms with Gasteiger partial charge in [0, 0.05) is 17.3 Å². The van der Waals surface area contributed by atoms with E-state index >= 15 is 0 Å². The van der Waals surface area contributed by atoms with Crippen LogP contribution in [0.3, 0.4) is 0 Å². The van der Waals surface area contributed by atoms with E-state index in [1.165, 1.54) is 25.3 Å². The van der Waals surface area contributed by atoms with Gasteiger partial charge in [-0.1, -0.05) is 23.7 Å². The van der Waals surface area contributed by atoms with Crippen molar-refractivity contribution in [2.24, 2.45) is 0 Å². The lowest BCUT2D eigenvalue weighted by molar-refractivity contribution is -0.385. The van der Waals surface area contributed by atoms with E-state index in [1.807, 2.05) is 0 Å². The van der Waals surface area contributed by atoms with Gasteiger partial charge in [-0.2, -0.15) is 0 Å². The highest BCUT2D eigenvalue weighted by molar-refractivity contribution is 6.32. The Bertz CT molecular complexity index is 1280. The minimum absolute atomic E-state index is 0.0312. The number of aromatic nitrogens is 1. The van der Waals surface area contributed by atoms with Gasteiger partial charge < -0.3 is 14.5 Å². The second-order valence-corrected chi connectivity index (χ2v) is 6.69. The molecule has 1 aromatic heterocycles. The van der Waals surface area contributed by atoms with E-state index in [1.54, 1.807) is 42.5 Å². The average molecular weight is 424 g/mol. The van der Waals surface area contributed by atoms with Gasteiger partial charge >= 0.3 is 0 Å². The van der Waals surface area contributed by atoms with Crippen molar-refractivity contribution >= 4 is 40.0 Å². The number of methoxy groups -OCH3 is 1. The molecular formula is C21H14ClN3O5. The Hall–Kier alpha value is -3.91. The van der Waals surface area contributed by atoms with Crippen LogP contribution < -0.4 is 10.1 Å². The van der Waals surface area contributed by atoms with E-state index in [0.717, 1.165) is 0 Å². The summed E-state index contributed by atoms with van der Waals surface area (Å²) in [5, 5.41) is 14.2. The first-order chi connectivity index (χ1) is 14.5. The van der Waals surface area contributed by atoms with Gasteiger partial charge in [0.1, 0.15) is 16.8 Å². The third-order valence-electron chi connectivity index (χ3n) is 4.39. The summed E-state index contributed by atoms with van der Waals surface area (Å²) in [6.07, 6.45) is 0. The number of hydrogen-bond donors (Lipinski definition) is 1. The van der Waals surface area contributed by atoms with Crippen LogP contribution in [0.4, 0.5) is 11.4 Å². The maximum Gasteiger partial charge on any atom is 0.282 e. The van der Waals surface area contributed by atoms with Crippen LogP contribution in [0, 0.1) is 10.1 Å². The lowest BCUT2D eigenvalue weighted by Crippen LogP contribution is -2.13. The molecule has 0 unspecified atom stereocenters. The zero-order valence-corrected chi connectivity index (χ0v) is 16.3. The number of nitrogens with zero attached hydrogens (tertiary/aromatic N) is 2. The monoisotopic (exact) mass is 423 g/mol. The summed E-state index contributed by atoms with van der Waals surface area (Å²) in [7, 11) is 1.53. The quantitative estimate of drug-likeness (QED) is 0.344. The van der Waals surface area contributed by atoms with Crippen LogP contribution in [0.5, 0.6) is 5.75 Å². The van der Waals surface area contributed by atoms with E-state index in [-0.39, 0.29) is 11.3 Å². The third kappa shape index (κ3) is 3.68. The molecule has 1 heterocycles. The lowest BCUT2D eigenvalue weighted by atomic mass is 10.1. The highest BCUT2D eigenvalue weighted by atomic mass is 35.5. The van der Waals surface area contributed by atoms with Gasteiger partial charge in [-0.3, -0.25) is 14.9 Å². The third-order valence-corrected chi connectivity index (χ3v) is 4.68. The van der Waals surface area contributed by atoms with Crippen LogP contribution in [0.2, 0.25) is 5.02 Å². The van der Waals surface area contributed by atoms with Crippen LogP contribution in [0.25, 0.3) is 22.6 Å². The van der Waals surface area contributed by atoms with E-state index in [2.05, 4.69) is 10.3 Å². The predicted molar refractivity (Wildman–Crippen MR) is 112 cm³/mol. The Balaban J connectivity index is 1.62. The van der Waals surface area contributed by atoms with Crippen LogP contribution in [0.15, 0.2) is 65.1 Å². The highest BCUT2D eigenvalue weighted by Gasteiger charge is 2.19. The maximum atomic E-state index is 12.5. The topological polar surface area (TPSA) is 108 Å². The van der Waals surface area contributed by atoms with Crippen LogP contribution in [0.1, 0.15) is 10.4 Å². The zero-order valence-electron chi connectivity index (χ0n) is 15.6. The summed E-state index contributed by atoms with van der Waals surface area (Å²) in [5.41, 5.74) is 1.83. The smallest absolute Gasteiger partial charge is 0.282 e. The van der Waals surface area contributed by atoms with E-state index < -0.39 is 10.8 Å². The van der Waals surface area contributed by atoms with Gasteiger partial charge in [0.2, 0.25) is 5.89 Å². The van der Waals surface area contributed by atoms with Gasteiger partial charge in [-0.05, 0) is 42.5 Å². The molecule has 0 atom stereocenters. The minimum Gasteiger partial charge on any atom is -0.495 e. The number of oxazole rings is 1. The van der Waals surface area contributed by atoms with Crippen molar-refractivity contribution in [2.45, 2.75) is 0 Å². The molecule has 4 rings (SSSR count). The van der Waals surface area contributed by atoms with Crippen molar-refractivity contribution in [3.05, 3.63) is 81.4 Å². The average Bonchev–Trinajstić information content (AvgIpc) is 3.17. The van der Waals surface area contributed by atoms with Crippen LogP contribution in [-0.2, 0) is 0 Å².